The Morgan fingerprint density at radius 2 is 2.25 bits per heavy atom. The zero-order chi connectivity index (χ0) is 14.5. The lowest BCUT2D eigenvalue weighted by Gasteiger charge is -2.18. The number of aryl methyl sites for hydroxylation is 1. The third-order valence-corrected chi connectivity index (χ3v) is 3.08. The number of nitrogens with zero attached hydrogens (tertiary/aromatic N) is 3. The van der Waals surface area contributed by atoms with Gasteiger partial charge in [-0.3, -0.25) is 9.48 Å². The Labute approximate surface area is 123 Å². The van der Waals surface area contributed by atoms with E-state index in [-0.39, 0.29) is 5.91 Å². The summed E-state index contributed by atoms with van der Waals surface area (Å²) in [6, 6.07) is 7.27. The van der Waals surface area contributed by atoms with Crippen molar-refractivity contribution in [2.75, 3.05) is 24.3 Å². The molecular formula is C14H17ClN4O. The normalized spacial score (nSPS) is 10.3. The maximum Gasteiger partial charge on any atom is 0.226 e. The van der Waals surface area contributed by atoms with Crippen LogP contribution < -0.4 is 10.2 Å². The third kappa shape index (κ3) is 3.74. The Morgan fingerprint density at radius 3 is 2.90 bits per heavy atom. The Kier molecular flexibility index (Phi) is 4.63. The number of rotatable bonds is 5. The van der Waals surface area contributed by atoms with Crippen molar-refractivity contribution >= 4 is 28.9 Å². The highest BCUT2D eigenvalue weighted by Crippen LogP contribution is 2.27. The second-order valence-electron chi connectivity index (χ2n) is 4.62. The van der Waals surface area contributed by atoms with Crippen molar-refractivity contribution < 1.29 is 4.79 Å². The predicted molar refractivity (Wildman–Crippen MR) is 81.3 cm³/mol. The average molecular weight is 293 g/mol. The highest BCUT2D eigenvalue weighted by atomic mass is 35.5. The van der Waals surface area contributed by atoms with Gasteiger partial charge in [-0.1, -0.05) is 11.6 Å². The van der Waals surface area contributed by atoms with Gasteiger partial charge in [0.25, 0.3) is 0 Å². The molecular weight excluding hydrogens is 276 g/mol. The zero-order valence-corrected chi connectivity index (χ0v) is 12.3. The molecule has 1 aromatic carbocycles. The molecule has 0 saturated heterocycles. The average Bonchev–Trinajstić information content (AvgIpc) is 2.89. The fourth-order valence-corrected chi connectivity index (χ4v) is 2.03. The minimum absolute atomic E-state index is 0.0640. The van der Waals surface area contributed by atoms with E-state index in [4.69, 9.17) is 11.6 Å². The van der Waals surface area contributed by atoms with Crippen molar-refractivity contribution in [2.24, 2.45) is 0 Å². The van der Waals surface area contributed by atoms with Crippen LogP contribution in [0.1, 0.15) is 6.42 Å². The second kappa shape index (κ2) is 6.43. The van der Waals surface area contributed by atoms with Crippen molar-refractivity contribution in [3.05, 3.63) is 41.7 Å². The quantitative estimate of drug-likeness (QED) is 0.922. The number of carbonyl (C=O) groups is 1. The van der Waals surface area contributed by atoms with Gasteiger partial charge in [0.2, 0.25) is 5.91 Å². The fraction of sp³-hybridized carbons (Fsp3) is 0.286. The van der Waals surface area contributed by atoms with E-state index in [1.54, 1.807) is 23.0 Å². The summed E-state index contributed by atoms with van der Waals surface area (Å²) < 4.78 is 1.73. The molecule has 0 aliphatic rings. The molecule has 20 heavy (non-hydrogen) atoms. The van der Waals surface area contributed by atoms with E-state index < -0.39 is 0 Å². The number of aromatic nitrogens is 2. The summed E-state index contributed by atoms with van der Waals surface area (Å²) in [5.41, 5.74) is 1.63. The van der Waals surface area contributed by atoms with Crippen LogP contribution in [0, 0.1) is 0 Å². The summed E-state index contributed by atoms with van der Waals surface area (Å²) in [6.07, 6.45) is 3.89. The van der Waals surface area contributed by atoms with Crippen LogP contribution in [-0.4, -0.2) is 29.8 Å². The SMILES string of the molecule is CN(C)c1ccc(Cl)cc1NC(=O)CCn1cccn1. The highest BCUT2D eigenvalue weighted by Gasteiger charge is 2.09. The standard InChI is InChI=1S/C14H17ClN4O/c1-18(2)13-5-4-11(15)10-12(13)17-14(20)6-9-19-8-3-7-16-19/h3-5,7-8,10H,6,9H2,1-2H3,(H,17,20). The van der Waals surface area contributed by atoms with E-state index in [9.17, 15) is 4.79 Å². The van der Waals surface area contributed by atoms with Crippen LogP contribution in [0.2, 0.25) is 5.02 Å². The van der Waals surface area contributed by atoms with Gasteiger partial charge >= 0.3 is 0 Å². The molecule has 106 valence electrons. The molecule has 0 aliphatic heterocycles. The summed E-state index contributed by atoms with van der Waals surface area (Å²) in [7, 11) is 3.84. The Hall–Kier alpha value is -2.01. The lowest BCUT2D eigenvalue weighted by molar-refractivity contribution is -0.116. The molecule has 0 spiro atoms. The molecule has 0 unspecified atom stereocenters. The zero-order valence-electron chi connectivity index (χ0n) is 11.5. The minimum atomic E-state index is -0.0640. The summed E-state index contributed by atoms with van der Waals surface area (Å²) in [5, 5.41) is 7.55. The van der Waals surface area contributed by atoms with Crippen LogP contribution in [0.5, 0.6) is 0 Å². The molecule has 1 amide bonds. The maximum atomic E-state index is 12.0. The van der Waals surface area contributed by atoms with Gasteiger partial charge in [-0.15, -0.1) is 0 Å². The van der Waals surface area contributed by atoms with Crippen LogP contribution in [0.25, 0.3) is 0 Å². The molecule has 0 radical (unpaired) electrons. The van der Waals surface area contributed by atoms with Gasteiger partial charge in [-0.25, -0.2) is 0 Å². The number of halogens is 1. The van der Waals surface area contributed by atoms with Crippen LogP contribution in [-0.2, 0) is 11.3 Å². The molecule has 6 heteroatoms. The number of anilines is 2. The van der Waals surface area contributed by atoms with Crippen molar-refractivity contribution in [1.29, 1.82) is 0 Å². The van der Waals surface area contributed by atoms with Crippen molar-refractivity contribution in [1.82, 2.24) is 9.78 Å². The first-order chi connectivity index (χ1) is 9.56. The van der Waals surface area contributed by atoms with E-state index in [1.807, 2.05) is 37.3 Å². The first-order valence-electron chi connectivity index (χ1n) is 6.30. The van der Waals surface area contributed by atoms with Gasteiger partial charge in [0.05, 0.1) is 11.4 Å². The highest BCUT2D eigenvalue weighted by molar-refractivity contribution is 6.31. The largest absolute Gasteiger partial charge is 0.376 e. The molecule has 2 aromatic rings. The number of hydrogen-bond acceptors (Lipinski definition) is 3. The summed E-state index contributed by atoms with van der Waals surface area (Å²) in [5.74, 6) is -0.0640. The number of carbonyl (C=O) groups excluding carboxylic acids is 1. The third-order valence-electron chi connectivity index (χ3n) is 2.84. The van der Waals surface area contributed by atoms with Crippen LogP contribution in [0.15, 0.2) is 36.7 Å². The summed E-state index contributed by atoms with van der Waals surface area (Å²) >= 11 is 5.98. The minimum Gasteiger partial charge on any atom is -0.376 e. The molecule has 2 rings (SSSR count). The van der Waals surface area contributed by atoms with Crippen molar-refractivity contribution in [2.45, 2.75) is 13.0 Å². The molecule has 0 atom stereocenters. The van der Waals surface area contributed by atoms with Gasteiger partial charge in [0.15, 0.2) is 0 Å². The molecule has 0 saturated carbocycles. The van der Waals surface area contributed by atoms with E-state index in [0.717, 1.165) is 5.69 Å². The smallest absolute Gasteiger partial charge is 0.226 e. The van der Waals surface area contributed by atoms with Gasteiger partial charge < -0.3 is 10.2 Å². The Balaban J connectivity index is 2.01. The maximum absolute atomic E-state index is 12.0. The van der Waals surface area contributed by atoms with Gasteiger partial charge in [-0.2, -0.15) is 5.10 Å². The molecule has 0 bridgehead atoms. The first kappa shape index (κ1) is 14.4. The van der Waals surface area contributed by atoms with Gasteiger partial charge in [0.1, 0.15) is 0 Å². The first-order valence-corrected chi connectivity index (χ1v) is 6.68. The number of amides is 1. The Bertz CT molecular complexity index is 581. The fourth-order valence-electron chi connectivity index (χ4n) is 1.86. The summed E-state index contributed by atoms with van der Waals surface area (Å²) in [6.45, 7) is 0.552. The molecule has 1 heterocycles. The van der Waals surface area contributed by atoms with Crippen molar-refractivity contribution in [3.8, 4) is 0 Å². The predicted octanol–water partition coefficient (Wildman–Crippen LogP) is 2.63. The van der Waals surface area contributed by atoms with Crippen molar-refractivity contribution in [3.63, 3.8) is 0 Å². The van der Waals surface area contributed by atoms with E-state index >= 15 is 0 Å². The number of nitrogens with one attached hydrogen (secondary N) is 1. The van der Waals surface area contributed by atoms with Crippen LogP contribution in [0.4, 0.5) is 11.4 Å². The molecule has 1 N–H and O–H groups in total. The second-order valence-corrected chi connectivity index (χ2v) is 5.06. The van der Waals surface area contributed by atoms with E-state index in [1.165, 1.54) is 0 Å². The number of hydrogen-bond donors (Lipinski definition) is 1. The molecule has 0 aliphatic carbocycles. The van der Waals surface area contributed by atoms with Gasteiger partial charge in [0, 0.05) is 44.5 Å². The lowest BCUT2D eigenvalue weighted by atomic mass is 10.2. The molecule has 1 aromatic heterocycles. The monoisotopic (exact) mass is 292 g/mol. The molecule has 0 fully saturated rings. The van der Waals surface area contributed by atoms with E-state index in [2.05, 4.69) is 10.4 Å². The topological polar surface area (TPSA) is 50.2 Å². The summed E-state index contributed by atoms with van der Waals surface area (Å²) in [4.78, 5) is 13.9. The van der Waals surface area contributed by atoms with Gasteiger partial charge in [-0.05, 0) is 24.3 Å². The Morgan fingerprint density at radius 1 is 1.45 bits per heavy atom. The number of benzene rings is 1. The van der Waals surface area contributed by atoms with Crippen LogP contribution >= 0.6 is 11.6 Å². The van der Waals surface area contributed by atoms with E-state index in [0.29, 0.717) is 23.7 Å². The lowest BCUT2D eigenvalue weighted by Crippen LogP contribution is -2.18. The van der Waals surface area contributed by atoms with Crippen LogP contribution in [0.3, 0.4) is 0 Å². The molecule has 5 nitrogen and oxygen atoms in total.